The number of rotatable bonds is 4. The average Bonchev–Trinajstić information content (AvgIpc) is 3.10. The lowest BCUT2D eigenvalue weighted by atomic mass is 10.3. The normalized spacial score (nSPS) is 10.7. The number of amides is 1. The molecule has 1 aromatic carbocycles. The van der Waals surface area contributed by atoms with Crippen LogP contribution in [0.1, 0.15) is 28.8 Å². The Labute approximate surface area is 134 Å². The summed E-state index contributed by atoms with van der Waals surface area (Å²) in [7, 11) is 0. The van der Waals surface area contributed by atoms with Gasteiger partial charge in [0.05, 0.1) is 17.1 Å². The summed E-state index contributed by atoms with van der Waals surface area (Å²) in [5.41, 5.74) is 3.11. The summed E-state index contributed by atoms with van der Waals surface area (Å²) in [5, 5.41) is 11.7. The van der Waals surface area contributed by atoms with E-state index < -0.39 is 0 Å². The first-order chi connectivity index (χ1) is 11.1. The first kappa shape index (κ1) is 15.0. The summed E-state index contributed by atoms with van der Waals surface area (Å²) in [4.78, 5) is 12.6. The Hall–Kier alpha value is -2.89. The molecule has 3 rings (SSSR count). The zero-order valence-electron chi connectivity index (χ0n) is 13.4. The molecule has 6 nitrogen and oxygen atoms in total. The highest BCUT2D eigenvalue weighted by atomic mass is 16.2. The molecule has 0 aliphatic rings. The van der Waals surface area contributed by atoms with Crippen molar-refractivity contribution in [3.05, 3.63) is 59.5 Å². The molecule has 0 radical (unpaired) electrons. The summed E-state index contributed by atoms with van der Waals surface area (Å²) < 4.78 is 3.42. The molecule has 0 aliphatic heterocycles. The van der Waals surface area contributed by atoms with Crippen LogP contribution in [0, 0.1) is 13.8 Å². The number of nitrogens with zero attached hydrogens (tertiary/aromatic N) is 4. The van der Waals surface area contributed by atoms with Crippen molar-refractivity contribution in [1.29, 1.82) is 0 Å². The van der Waals surface area contributed by atoms with Gasteiger partial charge >= 0.3 is 0 Å². The van der Waals surface area contributed by atoms with Crippen molar-refractivity contribution in [1.82, 2.24) is 19.6 Å². The Bertz CT molecular complexity index is 832. The van der Waals surface area contributed by atoms with E-state index in [1.165, 1.54) is 0 Å². The molecule has 0 fully saturated rings. The van der Waals surface area contributed by atoms with Crippen LogP contribution >= 0.6 is 0 Å². The molecule has 1 amide bonds. The number of para-hydroxylation sites is 1. The van der Waals surface area contributed by atoms with Crippen LogP contribution in [0.2, 0.25) is 0 Å². The predicted molar refractivity (Wildman–Crippen MR) is 88.9 cm³/mol. The monoisotopic (exact) mass is 309 g/mol. The maximum atomic E-state index is 12.6. The number of benzene rings is 1. The first-order valence-electron chi connectivity index (χ1n) is 7.56. The minimum Gasteiger partial charge on any atom is -0.305 e. The molecule has 3 aromatic rings. The molecular formula is C17H19N5O. The minimum absolute atomic E-state index is 0.190. The summed E-state index contributed by atoms with van der Waals surface area (Å²) in [6.07, 6.45) is 0. The molecular weight excluding hydrogens is 290 g/mol. The van der Waals surface area contributed by atoms with E-state index in [-0.39, 0.29) is 5.91 Å². The molecule has 0 aliphatic carbocycles. The van der Waals surface area contributed by atoms with E-state index in [9.17, 15) is 4.79 Å². The van der Waals surface area contributed by atoms with Crippen LogP contribution in [-0.4, -0.2) is 25.5 Å². The zero-order chi connectivity index (χ0) is 16.4. The molecule has 2 heterocycles. The number of aromatic nitrogens is 4. The van der Waals surface area contributed by atoms with E-state index in [1.807, 2.05) is 57.2 Å². The second kappa shape index (κ2) is 6.08. The van der Waals surface area contributed by atoms with Gasteiger partial charge in [0.25, 0.3) is 5.91 Å². The summed E-state index contributed by atoms with van der Waals surface area (Å²) in [6.45, 7) is 6.38. The van der Waals surface area contributed by atoms with Crippen LogP contribution in [0.4, 0.5) is 5.82 Å². The van der Waals surface area contributed by atoms with Gasteiger partial charge in [0.2, 0.25) is 0 Å². The maximum absolute atomic E-state index is 12.6. The van der Waals surface area contributed by atoms with Gasteiger partial charge in [-0.15, -0.1) is 0 Å². The third-order valence-corrected chi connectivity index (χ3v) is 3.51. The number of hydrogen-bond donors (Lipinski definition) is 1. The summed E-state index contributed by atoms with van der Waals surface area (Å²) in [5.74, 6) is 0.449. The number of nitrogens with one attached hydrogen (secondary N) is 1. The fraction of sp³-hybridized carbons (Fsp3) is 0.235. The number of carbonyl (C=O) groups excluding carboxylic acids is 1. The van der Waals surface area contributed by atoms with Gasteiger partial charge < -0.3 is 5.32 Å². The molecule has 0 unspecified atom stereocenters. The van der Waals surface area contributed by atoms with Gasteiger partial charge in [0.1, 0.15) is 11.5 Å². The van der Waals surface area contributed by atoms with Gasteiger partial charge in [-0.2, -0.15) is 10.2 Å². The van der Waals surface area contributed by atoms with Crippen molar-refractivity contribution in [3.8, 4) is 5.69 Å². The topological polar surface area (TPSA) is 64.7 Å². The van der Waals surface area contributed by atoms with E-state index in [0.29, 0.717) is 18.1 Å². The van der Waals surface area contributed by atoms with Gasteiger partial charge in [-0.1, -0.05) is 18.2 Å². The molecule has 1 N–H and O–H groups in total. The lowest BCUT2D eigenvalue weighted by molar-refractivity contribution is 0.101. The Morgan fingerprint density at radius 1 is 1.09 bits per heavy atom. The number of anilines is 1. The molecule has 6 heteroatoms. The fourth-order valence-corrected chi connectivity index (χ4v) is 2.50. The Balaban J connectivity index is 1.93. The van der Waals surface area contributed by atoms with E-state index in [1.54, 1.807) is 15.4 Å². The van der Waals surface area contributed by atoms with Gasteiger partial charge in [-0.3, -0.25) is 9.48 Å². The number of carbonyl (C=O) groups is 1. The molecule has 23 heavy (non-hydrogen) atoms. The van der Waals surface area contributed by atoms with Crippen molar-refractivity contribution < 1.29 is 4.79 Å². The fourth-order valence-electron chi connectivity index (χ4n) is 2.50. The third-order valence-electron chi connectivity index (χ3n) is 3.51. The SMILES string of the molecule is CCn1nc(C)cc1C(=O)Nc1cc(C)nn1-c1ccccc1. The largest absolute Gasteiger partial charge is 0.305 e. The smallest absolute Gasteiger partial charge is 0.275 e. The molecule has 0 bridgehead atoms. The van der Waals surface area contributed by atoms with Crippen LogP contribution in [0.5, 0.6) is 0 Å². The van der Waals surface area contributed by atoms with Gasteiger partial charge in [-0.05, 0) is 39.0 Å². The van der Waals surface area contributed by atoms with Crippen molar-refractivity contribution in [2.45, 2.75) is 27.3 Å². The van der Waals surface area contributed by atoms with E-state index in [2.05, 4.69) is 15.5 Å². The zero-order valence-corrected chi connectivity index (χ0v) is 13.4. The minimum atomic E-state index is -0.190. The van der Waals surface area contributed by atoms with Gasteiger partial charge in [-0.25, -0.2) is 4.68 Å². The van der Waals surface area contributed by atoms with Crippen molar-refractivity contribution in [2.24, 2.45) is 0 Å². The molecule has 2 aromatic heterocycles. The third kappa shape index (κ3) is 3.01. The number of aryl methyl sites for hydroxylation is 3. The molecule has 0 spiro atoms. The quantitative estimate of drug-likeness (QED) is 0.806. The van der Waals surface area contributed by atoms with Crippen LogP contribution in [0.25, 0.3) is 5.69 Å². The van der Waals surface area contributed by atoms with E-state index in [4.69, 9.17) is 0 Å². The first-order valence-corrected chi connectivity index (χ1v) is 7.56. The highest BCUT2D eigenvalue weighted by Crippen LogP contribution is 2.18. The maximum Gasteiger partial charge on any atom is 0.275 e. The number of hydrogen-bond acceptors (Lipinski definition) is 3. The average molecular weight is 309 g/mol. The molecule has 0 saturated carbocycles. The Morgan fingerprint density at radius 3 is 2.48 bits per heavy atom. The van der Waals surface area contributed by atoms with Crippen LogP contribution in [0.15, 0.2) is 42.5 Å². The highest BCUT2D eigenvalue weighted by Gasteiger charge is 2.16. The van der Waals surface area contributed by atoms with E-state index >= 15 is 0 Å². The lowest BCUT2D eigenvalue weighted by Crippen LogP contribution is -2.19. The van der Waals surface area contributed by atoms with Crippen molar-refractivity contribution in [2.75, 3.05) is 5.32 Å². The summed E-state index contributed by atoms with van der Waals surface area (Å²) in [6, 6.07) is 13.4. The predicted octanol–water partition coefficient (Wildman–Crippen LogP) is 2.96. The standard InChI is InChI=1S/C17H19N5O/c1-4-21-15(10-12(2)19-21)17(23)18-16-11-13(3)20-22(16)14-8-6-5-7-9-14/h5-11H,4H2,1-3H3,(H,18,23). The van der Waals surface area contributed by atoms with Gasteiger partial charge in [0.15, 0.2) is 0 Å². The second-order valence-electron chi connectivity index (χ2n) is 5.36. The Morgan fingerprint density at radius 2 is 1.78 bits per heavy atom. The van der Waals surface area contributed by atoms with Crippen LogP contribution in [-0.2, 0) is 6.54 Å². The summed E-state index contributed by atoms with van der Waals surface area (Å²) >= 11 is 0. The highest BCUT2D eigenvalue weighted by molar-refractivity contribution is 6.02. The lowest BCUT2D eigenvalue weighted by Gasteiger charge is -2.09. The molecule has 0 atom stereocenters. The van der Waals surface area contributed by atoms with E-state index in [0.717, 1.165) is 17.1 Å². The van der Waals surface area contributed by atoms with Crippen LogP contribution in [0.3, 0.4) is 0 Å². The van der Waals surface area contributed by atoms with Crippen molar-refractivity contribution in [3.63, 3.8) is 0 Å². The van der Waals surface area contributed by atoms with Crippen LogP contribution < -0.4 is 5.32 Å². The molecule has 118 valence electrons. The van der Waals surface area contributed by atoms with Crippen molar-refractivity contribution >= 4 is 11.7 Å². The second-order valence-corrected chi connectivity index (χ2v) is 5.36. The Kier molecular flexibility index (Phi) is 3.97. The van der Waals surface area contributed by atoms with Gasteiger partial charge in [0, 0.05) is 12.6 Å². The molecule has 0 saturated heterocycles.